The minimum Gasteiger partial charge on any atom is -0.409 e. The van der Waals surface area contributed by atoms with E-state index in [1.807, 2.05) is 39.0 Å². The van der Waals surface area contributed by atoms with E-state index in [9.17, 15) is 4.79 Å². The highest BCUT2D eigenvalue weighted by molar-refractivity contribution is 6.06. The fourth-order valence-corrected chi connectivity index (χ4v) is 2.44. The van der Waals surface area contributed by atoms with Crippen LogP contribution in [0.4, 0.5) is 0 Å². The van der Waals surface area contributed by atoms with E-state index < -0.39 is 5.41 Å². The molecule has 6 nitrogen and oxygen atoms in total. The standard InChI is InChI=1S/C15H24N4O2/c1-4-15(5-2,13(16)18-21)14(20)19(6-3)11-12-9-7-8-10-17-12/h7-10,21H,4-6,11H2,1-3H3,(H2,16,18). The lowest BCUT2D eigenvalue weighted by Crippen LogP contribution is -2.50. The first-order chi connectivity index (χ1) is 10.1. The van der Waals surface area contributed by atoms with Crippen LogP contribution in [0.15, 0.2) is 29.6 Å². The molecule has 0 saturated carbocycles. The normalized spacial score (nSPS) is 12.2. The molecule has 0 unspecified atom stereocenters. The van der Waals surface area contributed by atoms with Gasteiger partial charge in [0.15, 0.2) is 5.84 Å². The largest absolute Gasteiger partial charge is 0.409 e. The van der Waals surface area contributed by atoms with Gasteiger partial charge in [-0.3, -0.25) is 9.78 Å². The number of carbonyl (C=O) groups is 1. The molecule has 1 rings (SSSR count). The minimum atomic E-state index is -0.959. The summed E-state index contributed by atoms with van der Waals surface area (Å²) in [6.07, 6.45) is 2.66. The number of nitrogens with two attached hydrogens (primary N) is 1. The smallest absolute Gasteiger partial charge is 0.236 e. The Bertz CT molecular complexity index is 484. The Balaban J connectivity index is 3.05. The topological polar surface area (TPSA) is 91.8 Å². The van der Waals surface area contributed by atoms with Crippen molar-refractivity contribution in [1.82, 2.24) is 9.88 Å². The Morgan fingerprint density at radius 1 is 1.38 bits per heavy atom. The molecule has 116 valence electrons. The number of oxime groups is 1. The SMILES string of the molecule is CCN(Cc1ccccn1)C(=O)C(CC)(CC)/C(N)=N/O. The van der Waals surface area contributed by atoms with Crippen LogP contribution in [0.2, 0.25) is 0 Å². The summed E-state index contributed by atoms with van der Waals surface area (Å²) in [7, 11) is 0. The third-order valence-electron chi connectivity index (χ3n) is 3.96. The molecule has 1 aromatic heterocycles. The second-order valence-electron chi connectivity index (χ2n) is 4.91. The fraction of sp³-hybridized carbons (Fsp3) is 0.533. The van der Waals surface area contributed by atoms with Crippen molar-refractivity contribution in [2.45, 2.75) is 40.2 Å². The van der Waals surface area contributed by atoms with Crippen LogP contribution in [0, 0.1) is 5.41 Å². The van der Waals surface area contributed by atoms with Crippen molar-refractivity contribution in [1.29, 1.82) is 0 Å². The van der Waals surface area contributed by atoms with Gasteiger partial charge in [-0.25, -0.2) is 0 Å². The van der Waals surface area contributed by atoms with Crippen LogP contribution in [-0.4, -0.2) is 33.4 Å². The summed E-state index contributed by atoms with van der Waals surface area (Å²) in [6.45, 7) is 6.60. The van der Waals surface area contributed by atoms with E-state index >= 15 is 0 Å². The van der Waals surface area contributed by atoms with Crippen LogP contribution in [0.3, 0.4) is 0 Å². The highest BCUT2D eigenvalue weighted by Gasteiger charge is 2.42. The van der Waals surface area contributed by atoms with Gasteiger partial charge in [0.25, 0.3) is 0 Å². The highest BCUT2D eigenvalue weighted by atomic mass is 16.4. The first kappa shape index (κ1) is 16.9. The predicted octanol–water partition coefficient (Wildman–Crippen LogP) is 1.98. The van der Waals surface area contributed by atoms with Crippen LogP contribution in [0.1, 0.15) is 39.3 Å². The zero-order valence-electron chi connectivity index (χ0n) is 12.9. The average Bonchev–Trinajstić information content (AvgIpc) is 2.54. The number of aromatic nitrogens is 1. The van der Waals surface area contributed by atoms with E-state index in [-0.39, 0.29) is 11.7 Å². The van der Waals surface area contributed by atoms with Crippen LogP contribution in [0.5, 0.6) is 0 Å². The molecular formula is C15H24N4O2. The zero-order valence-corrected chi connectivity index (χ0v) is 12.9. The average molecular weight is 292 g/mol. The number of hydrogen-bond acceptors (Lipinski definition) is 4. The third-order valence-corrected chi connectivity index (χ3v) is 3.96. The Morgan fingerprint density at radius 2 is 2.05 bits per heavy atom. The maximum Gasteiger partial charge on any atom is 0.236 e. The Labute approximate surface area is 125 Å². The Kier molecular flexibility index (Phi) is 6.14. The summed E-state index contributed by atoms with van der Waals surface area (Å²) in [5.74, 6) is -0.159. The van der Waals surface area contributed by atoms with Gasteiger partial charge in [-0.15, -0.1) is 0 Å². The summed E-state index contributed by atoms with van der Waals surface area (Å²) in [6, 6.07) is 5.59. The molecule has 1 heterocycles. The second kappa shape index (κ2) is 7.61. The lowest BCUT2D eigenvalue weighted by Gasteiger charge is -2.34. The molecule has 0 aliphatic heterocycles. The fourth-order valence-electron chi connectivity index (χ4n) is 2.44. The van der Waals surface area contributed by atoms with Gasteiger partial charge in [-0.2, -0.15) is 0 Å². The maximum absolute atomic E-state index is 12.9. The van der Waals surface area contributed by atoms with E-state index in [2.05, 4.69) is 10.1 Å². The summed E-state index contributed by atoms with van der Waals surface area (Å²) in [5.41, 5.74) is 5.65. The maximum atomic E-state index is 12.9. The lowest BCUT2D eigenvalue weighted by atomic mass is 9.79. The van der Waals surface area contributed by atoms with E-state index in [0.29, 0.717) is 25.9 Å². The molecule has 0 aromatic carbocycles. The van der Waals surface area contributed by atoms with E-state index in [1.165, 1.54) is 0 Å². The van der Waals surface area contributed by atoms with Gasteiger partial charge in [0, 0.05) is 12.7 Å². The first-order valence-corrected chi connectivity index (χ1v) is 7.22. The van der Waals surface area contributed by atoms with E-state index in [0.717, 1.165) is 5.69 Å². The number of amides is 1. The first-order valence-electron chi connectivity index (χ1n) is 7.22. The van der Waals surface area contributed by atoms with Crippen molar-refractivity contribution < 1.29 is 10.0 Å². The number of carbonyl (C=O) groups excluding carboxylic acids is 1. The molecule has 0 aliphatic rings. The lowest BCUT2D eigenvalue weighted by molar-refractivity contribution is -0.139. The monoisotopic (exact) mass is 292 g/mol. The van der Waals surface area contributed by atoms with Gasteiger partial charge in [0.05, 0.1) is 12.2 Å². The van der Waals surface area contributed by atoms with E-state index in [1.54, 1.807) is 11.1 Å². The molecule has 21 heavy (non-hydrogen) atoms. The van der Waals surface area contributed by atoms with Crippen molar-refractivity contribution in [3.63, 3.8) is 0 Å². The number of nitrogens with zero attached hydrogens (tertiary/aromatic N) is 3. The van der Waals surface area contributed by atoms with Crippen LogP contribution in [-0.2, 0) is 11.3 Å². The molecule has 0 fully saturated rings. The number of pyridine rings is 1. The second-order valence-corrected chi connectivity index (χ2v) is 4.91. The van der Waals surface area contributed by atoms with Gasteiger partial charge in [-0.1, -0.05) is 25.1 Å². The summed E-state index contributed by atoms with van der Waals surface area (Å²) in [4.78, 5) is 18.8. The third kappa shape index (κ3) is 3.51. The van der Waals surface area contributed by atoms with Crippen LogP contribution < -0.4 is 5.73 Å². The van der Waals surface area contributed by atoms with Crippen LogP contribution in [0.25, 0.3) is 0 Å². The van der Waals surface area contributed by atoms with E-state index in [4.69, 9.17) is 10.9 Å². The molecule has 0 aliphatic carbocycles. The van der Waals surface area contributed by atoms with Crippen molar-refractivity contribution >= 4 is 11.7 Å². The Hall–Kier alpha value is -2.11. The summed E-state index contributed by atoms with van der Waals surface area (Å²) in [5, 5.41) is 12.1. The summed E-state index contributed by atoms with van der Waals surface area (Å²) >= 11 is 0. The zero-order chi connectivity index (χ0) is 15.9. The molecule has 0 radical (unpaired) electrons. The van der Waals surface area contributed by atoms with Crippen molar-refractivity contribution in [2.75, 3.05) is 6.54 Å². The molecule has 1 aromatic rings. The predicted molar refractivity (Wildman–Crippen MR) is 81.8 cm³/mol. The van der Waals surface area contributed by atoms with Crippen LogP contribution >= 0.6 is 0 Å². The van der Waals surface area contributed by atoms with Crippen molar-refractivity contribution in [3.8, 4) is 0 Å². The molecule has 3 N–H and O–H groups in total. The highest BCUT2D eigenvalue weighted by Crippen LogP contribution is 2.30. The van der Waals surface area contributed by atoms with Gasteiger partial charge >= 0.3 is 0 Å². The van der Waals surface area contributed by atoms with Crippen molar-refractivity contribution in [2.24, 2.45) is 16.3 Å². The molecule has 0 atom stereocenters. The molecule has 0 bridgehead atoms. The Morgan fingerprint density at radius 3 is 2.48 bits per heavy atom. The molecule has 0 saturated heterocycles. The number of rotatable bonds is 7. The quantitative estimate of drug-likeness (QED) is 0.348. The molecule has 6 heteroatoms. The molecular weight excluding hydrogens is 268 g/mol. The molecule has 1 amide bonds. The van der Waals surface area contributed by atoms with Gasteiger partial charge < -0.3 is 15.8 Å². The number of hydrogen-bond donors (Lipinski definition) is 2. The van der Waals surface area contributed by atoms with Gasteiger partial charge in [-0.05, 0) is 31.9 Å². The van der Waals surface area contributed by atoms with Gasteiger partial charge in [0.1, 0.15) is 5.41 Å². The summed E-state index contributed by atoms with van der Waals surface area (Å²) < 4.78 is 0. The van der Waals surface area contributed by atoms with Crippen molar-refractivity contribution in [3.05, 3.63) is 30.1 Å². The minimum absolute atomic E-state index is 0.0306. The molecule has 0 spiro atoms. The number of amidine groups is 1. The van der Waals surface area contributed by atoms with Gasteiger partial charge in [0.2, 0.25) is 5.91 Å².